The van der Waals surface area contributed by atoms with Crippen molar-refractivity contribution in [1.82, 2.24) is 0 Å². The lowest BCUT2D eigenvalue weighted by Gasteiger charge is -2.43. The Balaban J connectivity index is 4.02. The molecule has 0 bridgehead atoms. The zero-order valence-corrected chi connectivity index (χ0v) is 22.8. The molecule has 0 atom stereocenters. The van der Waals surface area contributed by atoms with E-state index in [1.54, 1.807) is 0 Å². The quantitative estimate of drug-likeness (QED) is 0.0510. The second-order valence-corrected chi connectivity index (χ2v) is 11.8. The molecule has 1 aromatic carbocycles. The molecule has 1 aromatic rings. The SMILES string of the molecule is CCCCCCC(F)(F)C(F)(F)C(F)(F)P(c1c(F)c(F)c(F)c(F)c1F)C(F)(F)C(F)(F)C(F)(F)CCCCCC. The van der Waals surface area contributed by atoms with Crippen LogP contribution in [-0.2, 0) is 0 Å². The first-order valence-corrected chi connectivity index (χ1v) is 13.8. The summed E-state index contributed by atoms with van der Waals surface area (Å²) >= 11 is 0. The molecule has 18 heteroatoms. The molecule has 0 amide bonds. The van der Waals surface area contributed by atoms with E-state index in [1.165, 1.54) is 13.8 Å². The van der Waals surface area contributed by atoms with Gasteiger partial charge in [0, 0.05) is 12.8 Å². The number of unbranched alkanes of at least 4 members (excludes halogenated alkanes) is 6. The van der Waals surface area contributed by atoms with Crippen LogP contribution in [0.25, 0.3) is 0 Å². The van der Waals surface area contributed by atoms with Crippen LogP contribution >= 0.6 is 7.92 Å². The predicted octanol–water partition coefficient (Wildman–Crippen LogP) is 11.2. The summed E-state index contributed by atoms with van der Waals surface area (Å²) in [6, 6.07) is 0. The minimum absolute atomic E-state index is 0.0763. The smallest absolute Gasteiger partial charge is 0.203 e. The Morgan fingerprint density at radius 3 is 1.00 bits per heavy atom. The molecule has 0 saturated heterocycles. The Morgan fingerprint density at radius 2 is 0.714 bits per heavy atom. The second kappa shape index (κ2) is 13.6. The van der Waals surface area contributed by atoms with Crippen molar-refractivity contribution in [2.24, 2.45) is 0 Å². The van der Waals surface area contributed by atoms with E-state index in [0.29, 0.717) is 0 Å². The zero-order valence-electron chi connectivity index (χ0n) is 21.9. The molecule has 42 heavy (non-hydrogen) atoms. The maximum atomic E-state index is 15.2. The number of hydrogen-bond donors (Lipinski definition) is 0. The maximum Gasteiger partial charge on any atom is 0.376 e. The van der Waals surface area contributed by atoms with Gasteiger partial charge in [-0.05, 0) is 12.8 Å². The number of halogens is 17. The number of alkyl halides is 12. The van der Waals surface area contributed by atoms with Gasteiger partial charge in [0.05, 0.1) is 13.2 Å². The molecule has 0 N–H and O–H groups in total. The average molecular weight is 668 g/mol. The lowest BCUT2D eigenvalue weighted by molar-refractivity contribution is -0.295. The van der Waals surface area contributed by atoms with Crippen molar-refractivity contribution in [1.29, 1.82) is 0 Å². The number of hydrogen-bond acceptors (Lipinski definition) is 0. The van der Waals surface area contributed by atoms with Crippen molar-refractivity contribution < 1.29 is 74.6 Å². The van der Waals surface area contributed by atoms with Crippen molar-refractivity contribution in [3.8, 4) is 0 Å². The fourth-order valence-corrected chi connectivity index (χ4v) is 6.22. The third-order valence-corrected chi connectivity index (χ3v) is 8.86. The number of rotatable bonds is 17. The molecular weight excluding hydrogens is 642 g/mol. The Hall–Kier alpha value is -1.54. The Morgan fingerprint density at radius 1 is 0.429 bits per heavy atom. The molecule has 0 spiro atoms. The molecule has 0 fully saturated rings. The first-order valence-electron chi connectivity index (χ1n) is 12.5. The van der Waals surface area contributed by atoms with Gasteiger partial charge in [0.15, 0.2) is 23.3 Å². The van der Waals surface area contributed by atoms with Gasteiger partial charge in [-0.1, -0.05) is 52.4 Å². The van der Waals surface area contributed by atoms with Crippen molar-refractivity contribution in [2.45, 2.75) is 113 Å². The maximum absolute atomic E-state index is 15.2. The lowest BCUT2D eigenvalue weighted by atomic mass is 10.0. The van der Waals surface area contributed by atoms with Gasteiger partial charge in [0.25, 0.3) is 0 Å². The van der Waals surface area contributed by atoms with E-state index in [4.69, 9.17) is 0 Å². The zero-order chi connectivity index (χ0) is 33.1. The second-order valence-electron chi connectivity index (χ2n) is 9.52. The molecule has 1 rings (SSSR count). The third-order valence-electron chi connectivity index (χ3n) is 6.33. The van der Waals surface area contributed by atoms with Gasteiger partial charge in [-0.25, -0.2) is 22.0 Å². The van der Waals surface area contributed by atoms with Crippen molar-refractivity contribution >= 4 is 13.2 Å². The van der Waals surface area contributed by atoms with Crippen LogP contribution < -0.4 is 5.30 Å². The lowest BCUT2D eigenvalue weighted by Crippen LogP contribution is -2.61. The fraction of sp³-hybridized carbons (Fsp3) is 0.750. The fourth-order valence-electron chi connectivity index (χ4n) is 3.83. The van der Waals surface area contributed by atoms with Crippen LogP contribution in [0.15, 0.2) is 0 Å². The normalized spacial score (nSPS) is 14.3. The van der Waals surface area contributed by atoms with E-state index in [-0.39, 0.29) is 38.5 Å². The molecular formula is C24H26F17P. The summed E-state index contributed by atoms with van der Waals surface area (Å²) < 4.78 is 247. The Labute approximate surface area is 230 Å². The van der Waals surface area contributed by atoms with E-state index >= 15 is 17.6 Å². The molecule has 0 aliphatic rings. The molecule has 0 saturated carbocycles. The van der Waals surface area contributed by atoms with Crippen molar-refractivity contribution in [3.63, 3.8) is 0 Å². The summed E-state index contributed by atoms with van der Waals surface area (Å²) in [6.45, 7) is 3.00. The highest BCUT2D eigenvalue weighted by atomic mass is 31.1. The highest BCUT2D eigenvalue weighted by Crippen LogP contribution is 2.74. The Kier molecular flexibility index (Phi) is 12.5. The largest absolute Gasteiger partial charge is 0.376 e. The number of benzene rings is 1. The Bertz CT molecular complexity index is 977. The van der Waals surface area contributed by atoms with Crippen molar-refractivity contribution in [2.75, 3.05) is 0 Å². The minimum atomic E-state index is -7.46. The van der Waals surface area contributed by atoms with Crippen LogP contribution in [0.2, 0.25) is 0 Å². The molecule has 0 heterocycles. The molecule has 0 unspecified atom stereocenters. The van der Waals surface area contributed by atoms with E-state index < -0.39 is 103 Å². The molecule has 246 valence electrons. The topological polar surface area (TPSA) is 0 Å². The van der Waals surface area contributed by atoms with Gasteiger partial charge in [0.2, 0.25) is 5.82 Å². The first-order chi connectivity index (χ1) is 18.9. The summed E-state index contributed by atoms with van der Waals surface area (Å²) in [5.41, 5.74) is -14.9. The summed E-state index contributed by atoms with van der Waals surface area (Å²) in [5, 5.41) is -3.74. The van der Waals surface area contributed by atoms with E-state index in [0.717, 1.165) is 0 Å². The first kappa shape index (κ1) is 38.5. The monoisotopic (exact) mass is 668 g/mol. The van der Waals surface area contributed by atoms with Gasteiger partial charge in [-0.2, -0.15) is 52.7 Å². The van der Waals surface area contributed by atoms with E-state index in [2.05, 4.69) is 0 Å². The standard InChI is InChI=1S/C24H26F17P/c1-3-5-7-9-11-19(30,31)21(34,35)23(38,39)42(18-16(28)14(26)13(25)15(27)17(18)29)24(40,41)22(36,37)20(32,33)12-10-8-6-4-2/h3-12H2,1-2H3. The van der Waals surface area contributed by atoms with Gasteiger partial charge in [-0.3, -0.25) is 0 Å². The molecule has 0 radical (unpaired) electrons. The van der Waals surface area contributed by atoms with E-state index in [9.17, 15) is 57.1 Å². The third kappa shape index (κ3) is 6.90. The van der Waals surface area contributed by atoms with Crippen LogP contribution in [0.1, 0.15) is 78.1 Å². The van der Waals surface area contributed by atoms with Crippen LogP contribution in [0.5, 0.6) is 0 Å². The molecule has 0 aromatic heterocycles. The summed E-state index contributed by atoms with van der Waals surface area (Å²) in [4.78, 5) is 0. The van der Waals surface area contributed by atoms with Gasteiger partial charge in [0.1, 0.15) is 0 Å². The van der Waals surface area contributed by atoms with Gasteiger partial charge < -0.3 is 0 Å². The summed E-state index contributed by atoms with van der Waals surface area (Å²) in [6.07, 6.45) is -6.35. The highest BCUT2D eigenvalue weighted by Gasteiger charge is 2.84. The minimum Gasteiger partial charge on any atom is -0.203 e. The van der Waals surface area contributed by atoms with Crippen LogP contribution in [-0.4, -0.2) is 35.0 Å². The van der Waals surface area contributed by atoms with Crippen LogP contribution in [0.3, 0.4) is 0 Å². The summed E-state index contributed by atoms with van der Waals surface area (Å²) in [5.74, 6) is -44.3. The average Bonchev–Trinajstić information content (AvgIpc) is 2.88. The molecule has 0 aliphatic heterocycles. The van der Waals surface area contributed by atoms with Gasteiger partial charge >= 0.3 is 35.0 Å². The highest BCUT2D eigenvalue weighted by molar-refractivity contribution is 7.68. The van der Waals surface area contributed by atoms with Crippen molar-refractivity contribution in [3.05, 3.63) is 29.1 Å². The van der Waals surface area contributed by atoms with Crippen LogP contribution in [0.4, 0.5) is 74.6 Å². The molecule has 0 aliphatic carbocycles. The summed E-state index contributed by atoms with van der Waals surface area (Å²) in [7, 11) is -7.10. The van der Waals surface area contributed by atoms with E-state index in [1.807, 2.05) is 0 Å². The van der Waals surface area contributed by atoms with Gasteiger partial charge in [-0.15, -0.1) is 0 Å². The van der Waals surface area contributed by atoms with Crippen LogP contribution in [0, 0.1) is 29.1 Å². The predicted molar refractivity (Wildman–Crippen MR) is 120 cm³/mol. The molecule has 0 nitrogen and oxygen atoms in total.